The Morgan fingerprint density at radius 3 is 2.72 bits per heavy atom. The number of rotatable bonds is 4. The fourth-order valence-electron chi connectivity index (χ4n) is 7.58. The molecular formula is C25H39NO2S. The van der Waals surface area contributed by atoms with Gasteiger partial charge in [-0.2, -0.15) is 0 Å². The molecule has 3 saturated carbocycles. The lowest BCUT2D eigenvalue weighted by Gasteiger charge is -2.57. The van der Waals surface area contributed by atoms with Crippen molar-refractivity contribution in [2.45, 2.75) is 96.8 Å². The van der Waals surface area contributed by atoms with Crippen LogP contribution < -0.4 is 5.32 Å². The number of thioether (sulfide) groups is 1. The number of hydrogen-bond acceptors (Lipinski definition) is 3. The van der Waals surface area contributed by atoms with Gasteiger partial charge in [0.05, 0.1) is 0 Å². The zero-order chi connectivity index (χ0) is 21.0. The number of hydrogen-bond donors (Lipinski definition) is 1. The van der Waals surface area contributed by atoms with Crippen molar-refractivity contribution in [2.24, 2.45) is 34.5 Å². The second kappa shape index (κ2) is 7.43. The van der Waals surface area contributed by atoms with Crippen LogP contribution in [0.5, 0.6) is 0 Å². The van der Waals surface area contributed by atoms with Gasteiger partial charge >= 0.3 is 0 Å². The lowest BCUT2D eigenvalue weighted by Crippen LogP contribution is -2.52. The van der Waals surface area contributed by atoms with Gasteiger partial charge in [-0.05, 0) is 88.0 Å². The summed E-state index contributed by atoms with van der Waals surface area (Å²) in [5.41, 5.74) is 0.347. The largest absolute Gasteiger partial charge is 0.351 e. The van der Waals surface area contributed by atoms with Gasteiger partial charge < -0.3 is 5.32 Å². The van der Waals surface area contributed by atoms with Gasteiger partial charge in [0.25, 0.3) is 0 Å². The predicted molar refractivity (Wildman–Crippen MR) is 121 cm³/mol. The third kappa shape index (κ3) is 3.72. The lowest BCUT2D eigenvalue weighted by atomic mass is 9.50. The Kier molecular flexibility index (Phi) is 5.50. The van der Waals surface area contributed by atoms with Crippen molar-refractivity contribution in [1.29, 1.82) is 0 Å². The molecule has 7 atom stereocenters. The van der Waals surface area contributed by atoms with E-state index in [-0.39, 0.29) is 27.9 Å². The summed E-state index contributed by atoms with van der Waals surface area (Å²) < 4.78 is 0. The number of amides is 1. The number of allylic oxidation sites excluding steroid dienone is 1. The van der Waals surface area contributed by atoms with Crippen molar-refractivity contribution in [1.82, 2.24) is 5.32 Å². The first-order chi connectivity index (χ1) is 13.6. The monoisotopic (exact) mass is 417 g/mol. The quantitative estimate of drug-likeness (QED) is 0.634. The Hall–Kier alpha value is -0.770. The van der Waals surface area contributed by atoms with Crippen molar-refractivity contribution in [3.05, 3.63) is 12.2 Å². The highest BCUT2D eigenvalue weighted by Crippen LogP contribution is 2.65. The zero-order valence-electron chi connectivity index (χ0n) is 18.9. The van der Waals surface area contributed by atoms with Gasteiger partial charge in [0, 0.05) is 22.1 Å². The SMILES string of the molecule is CCCC(C)(C)NC(=O)[C@H]1C[C@H]2[C@@H]3CC[C@H]4SC(=O)C=C[C@]4(C)[C@H]3CC[C@]2(C)C1. The molecule has 4 aliphatic rings. The predicted octanol–water partition coefficient (Wildman–Crippen LogP) is 5.74. The first kappa shape index (κ1) is 21.5. The third-order valence-electron chi connectivity index (χ3n) is 9.01. The highest BCUT2D eigenvalue weighted by molar-refractivity contribution is 8.14. The topological polar surface area (TPSA) is 46.2 Å². The molecule has 3 nitrogen and oxygen atoms in total. The summed E-state index contributed by atoms with van der Waals surface area (Å²) in [7, 11) is 0. The lowest BCUT2D eigenvalue weighted by molar-refractivity contribution is -0.126. The van der Waals surface area contributed by atoms with Crippen molar-refractivity contribution < 1.29 is 9.59 Å². The van der Waals surface area contributed by atoms with E-state index in [1.165, 1.54) is 19.3 Å². The van der Waals surface area contributed by atoms with Gasteiger partial charge in [-0.25, -0.2) is 0 Å². The molecule has 1 heterocycles. The molecule has 4 heteroatoms. The summed E-state index contributed by atoms with van der Waals surface area (Å²) in [5.74, 6) is 2.47. The Morgan fingerprint density at radius 1 is 1.24 bits per heavy atom. The maximum Gasteiger partial charge on any atom is 0.223 e. The van der Waals surface area contributed by atoms with E-state index in [0.717, 1.165) is 32.1 Å². The molecule has 1 N–H and O–H groups in total. The average molecular weight is 418 g/mol. The van der Waals surface area contributed by atoms with E-state index in [0.29, 0.717) is 28.4 Å². The normalized spacial score (nSPS) is 44.0. The molecule has 0 aromatic heterocycles. The van der Waals surface area contributed by atoms with Crippen LogP contribution in [0.4, 0.5) is 0 Å². The summed E-state index contributed by atoms with van der Waals surface area (Å²) in [5, 5.41) is 4.05. The van der Waals surface area contributed by atoms with Crippen LogP contribution in [-0.2, 0) is 9.59 Å². The molecule has 162 valence electrons. The first-order valence-electron chi connectivity index (χ1n) is 11.8. The molecule has 0 aromatic rings. The van der Waals surface area contributed by atoms with Crippen LogP contribution in [0.3, 0.4) is 0 Å². The van der Waals surface area contributed by atoms with Gasteiger partial charge in [0.15, 0.2) is 0 Å². The minimum absolute atomic E-state index is 0.106. The van der Waals surface area contributed by atoms with E-state index in [2.05, 4.69) is 46.0 Å². The second-order valence-corrected chi connectivity index (χ2v) is 12.7. The summed E-state index contributed by atoms with van der Waals surface area (Å²) in [6.45, 7) is 11.4. The molecule has 0 saturated heterocycles. The smallest absolute Gasteiger partial charge is 0.223 e. The molecular weight excluding hydrogens is 378 g/mol. The molecule has 4 rings (SSSR count). The number of fused-ring (bicyclic) bond motifs is 5. The number of nitrogens with one attached hydrogen (secondary N) is 1. The van der Waals surface area contributed by atoms with Crippen LogP contribution in [0.1, 0.15) is 86.0 Å². The Labute approximate surface area is 181 Å². The fourth-order valence-corrected chi connectivity index (χ4v) is 8.77. The summed E-state index contributed by atoms with van der Waals surface area (Å²) in [4.78, 5) is 25.1. The van der Waals surface area contributed by atoms with Crippen molar-refractivity contribution >= 4 is 22.8 Å². The van der Waals surface area contributed by atoms with Crippen LogP contribution in [0, 0.1) is 34.5 Å². The fraction of sp³-hybridized carbons (Fsp3) is 0.840. The maximum atomic E-state index is 13.1. The molecule has 0 aromatic carbocycles. The highest BCUT2D eigenvalue weighted by atomic mass is 32.2. The van der Waals surface area contributed by atoms with Gasteiger partial charge in [0.1, 0.15) is 0 Å². The molecule has 0 bridgehead atoms. The van der Waals surface area contributed by atoms with Crippen molar-refractivity contribution in [3.8, 4) is 0 Å². The number of carbonyl (C=O) groups is 2. The van der Waals surface area contributed by atoms with E-state index in [1.807, 2.05) is 6.08 Å². The zero-order valence-corrected chi connectivity index (χ0v) is 19.7. The van der Waals surface area contributed by atoms with E-state index < -0.39 is 0 Å². The Bertz CT molecular complexity index is 716. The standard InChI is InChI=1S/C25H39NO2S/c1-6-11-23(2,3)26-22(28)16-14-19-17-7-8-20-25(5,13-10-21(27)29-20)18(17)9-12-24(19,4)15-16/h10,13,16-20H,6-9,11-12,14-15H2,1-5H3,(H,26,28)/t16-,17+,18-,19-,20+,24+,25+/m0/s1. The summed E-state index contributed by atoms with van der Waals surface area (Å²) in [6.07, 6.45) is 13.2. The molecule has 0 spiro atoms. The van der Waals surface area contributed by atoms with Crippen molar-refractivity contribution in [2.75, 3.05) is 0 Å². The van der Waals surface area contributed by atoms with Crippen LogP contribution in [0.25, 0.3) is 0 Å². The van der Waals surface area contributed by atoms with Crippen LogP contribution in [0.2, 0.25) is 0 Å². The maximum absolute atomic E-state index is 13.1. The van der Waals surface area contributed by atoms with Crippen LogP contribution in [-0.4, -0.2) is 21.8 Å². The Balaban J connectivity index is 1.51. The number of carbonyl (C=O) groups excluding carboxylic acids is 2. The molecule has 1 amide bonds. The van der Waals surface area contributed by atoms with Gasteiger partial charge in [-0.15, -0.1) is 0 Å². The van der Waals surface area contributed by atoms with Crippen molar-refractivity contribution in [3.63, 3.8) is 0 Å². The van der Waals surface area contributed by atoms with Gasteiger partial charge in [0.2, 0.25) is 11.0 Å². The van der Waals surface area contributed by atoms with E-state index >= 15 is 0 Å². The second-order valence-electron chi connectivity index (χ2n) is 11.5. The molecule has 29 heavy (non-hydrogen) atoms. The van der Waals surface area contributed by atoms with Crippen LogP contribution >= 0.6 is 11.8 Å². The Morgan fingerprint density at radius 2 is 2.00 bits per heavy atom. The van der Waals surface area contributed by atoms with E-state index in [1.54, 1.807) is 11.8 Å². The first-order valence-corrected chi connectivity index (χ1v) is 12.7. The minimum Gasteiger partial charge on any atom is -0.351 e. The average Bonchev–Trinajstić information content (AvgIpc) is 3.00. The molecule has 0 unspecified atom stereocenters. The van der Waals surface area contributed by atoms with E-state index in [9.17, 15) is 9.59 Å². The molecule has 1 aliphatic heterocycles. The minimum atomic E-state index is -0.106. The highest BCUT2D eigenvalue weighted by Gasteiger charge is 2.59. The van der Waals surface area contributed by atoms with Crippen LogP contribution in [0.15, 0.2) is 12.2 Å². The van der Waals surface area contributed by atoms with Gasteiger partial charge in [-0.1, -0.05) is 45.0 Å². The van der Waals surface area contributed by atoms with E-state index in [4.69, 9.17) is 0 Å². The molecule has 3 fully saturated rings. The molecule has 3 aliphatic carbocycles. The summed E-state index contributed by atoms with van der Waals surface area (Å²) in [6, 6.07) is 0. The molecule has 0 radical (unpaired) electrons. The summed E-state index contributed by atoms with van der Waals surface area (Å²) >= 11 is 1.58. The van der Waals surface area contributed by atoms with Gasteiger partial charge in [-0.3, -0.25) is 9.59 Å². The third-order valence-corrected chi connectivity index (χ3v) is 10.4.